The summed E-state index contributed by atoms with van der Waals surface area (Å²) in [5, 5.41) is 105. The molecule has 34 nitrogen and oxygen atoms in total. The van der Waals surface area contributed by atoms with Gasteiger partial charge in [0.2, 0.25) is 35.7 Å². The van der Waals surface area contributed by atoms with Gasteiger partial charge in [-0.1, -0.05) is 24.3 Å². The molecule has 0 aliphatic heterocycles. The number of hydrogen-bond acceptors (Lipinski definition) is 34. The van der Waals surface area contributed by atoms with Crippen LogP contribution in [0.4, 0.5) is 47.1 Å². The number of anilines is 8. The van der Waals surface area contributed by atoms with Gasteiger partial charge in [-0.05, 0) is 35.4 Å². The SMILES string of the molecule is CN(CCS(=O)(=O)[O-])c1nc(Nc2ccc(C=Cc3ccc(Nc4nc(N(C)CCS(=O)(=O)[O-])nc(N(C)CC(O)C(O)C(O)C(O)CO)n4)cc3S(=O)(=O)[O-])c(S(=O)(=O)[O-])c2)nc(N(C)CC(O)C(O)C(O)C(O)CO)n1.[Na+].[Na+].[Na+].[Na+]. The normalized spacial score (nSPS) is 14.9. The van der Waals surface area contributed by atoms with Crippen LogP contribution >= 0.6 is 0 Å². The number of aromatic nitrogens is 6. The fourth-order valence-corrected chi connectivity index (χ4v) is 9.02. The molecule has 2 aromatic heterocycles. The van der Waals surface area contributed by atoms with Crippen LogP contribution in [0, 0.1) is 0 Å². The monoisotopic (exact) mass is 1280 g/mol. The van der Waals surface area contributed by atoms with E-state index in [1.807, 2.05) is 0 Å². The topological polar surface area (TPSA) is 545 Å². The van der Waals surface area contributed by atoms with Crippen molar-refractivity contribution in [3.8, 4) is 0 Å². The van der Waals surface area contributed by atoms with Gasteiger partial charge in [-0.3, -0.25) is 0 Å². The van der Waals surface area contributed by atoms with Gasteiger partial charge in [-0.25, -0.2) is 33.7 Å². The largest absolute Gasteiger partial charge is 1.00 e. The van der Waals surface area contributed by atoms with E-state index >= 15 is 0 Å². The van der Waals surface area contributed by atoms with Gasteiger partial charge in [0.25, 0.3) is 0 Å². The first-order valence-electron chi connectivity index (χ1n) is 22.3. The first-order valence-corrected chi connectivity index (χ1v) is 28.3. The molecule has 4 aromatic rings. The fourth-order valence-electron chi connectivity index (χ4n) is 6.64. The molecular formula is C40H56N12Na4O22S4. The van der Waals surface area contributed by atoms with Crippen LogP contribution in [0.2, 0.25) is 0 Å². The Morgan fingerprint density at radius 1 is 0.463 bits per heavy atom. The van der Waals surface area contributed by atoms with Crippen LogP contribution < -0.4 is 148 Å². The average Bonchev–Trinajstić information content (AvgIpc) is 3.36. The number of aliphatic hydroxyl groups is 10. The Morgan fingerprint density at radius 3 is 1.01 bits per heavy atom. The van der Waals surface area contributed by atoms with E-state index in [1.54, 1.807) is 0 Å². The zero-order valence-electron chi connectivity index (χ0n) is 45.4. The van der Waals surface area contributed by atoms with Crippen molar-refractivity contribution in [1.82, 2.24) is 29.9 Å². The van der Waals surface area contributed by atoms with Gasteiger partial charge in [-0.15, -0.1) is 0 Å². The summed E-state index contributed by atoms with van der Waals surface area (Å²) in [6, 6.07) is 6.17. The molecule has 0 saturated heterocycles. The van der Waals surface area contributed by atoms with Crippen molar-refractivity contribution in [2.24, 2.45) is 0 Å². The summed E-state index contributed by atoms with van der Waals surface area (Å²) in [4.78, 5) is 27.6. The smallest absolute Gasteiger partial charge is 0.748 e. The van der Waals surface area contributed by atoms with E-state index in [9.17, 15) is 92.7 Å². The number of nitrogens with zero attached hydrogens (tertiary/aromatic N) is 10. The molecule has 2 heterocycles. The molecule has 0 amide bonds. The Bertz CT molecular complexity index is 3000. The molecule has 0 aliphatic carbocycles. The zero-order chi connectivity index (χ0) is 58.8. The molecule has 436 valence electrons. The summed E-state index contributed by atoms with van der Waals surface area (Å²) < 4.78 is 144. The number of benzene rings is 2. The van der Waals surface area contributed by atoms with Gasteiger partial charge in [-0.2, -0.15) is 29.9 Å². The predicted octanol–water partition coefficient (Wildman–Crippen LogP) is -18.8. The van der Waals surface area contributed by atoms with Crippen molar-refractivity contribution in [3.05, 3.63) is 47.5 Å². The zero-order valence-corrected chi connectivity index (χ0v) is 56.6. The van der Waals surface area contributed by atoms with Gasteiger partial charge in [0, 0.05) is 65.7 Å². The predicted molar refractivity (Wildman–Crippen MR) is 268 cm³/mol. The Balaban J connectivity index is 0.0000164. The molecule has 4 rings (SSSR count). The minimum atomic E-state index is -5.40. The Hall–Kier alpha value is -1.76. The van der Waals surface area contributed by atoms with Crippen LogP contribution in [-0.2, 0) is 40.5 Å². The van der Waals surface area contributed by atoms with Crippen LogP contribution in [0.3, 0.4) is 0 Å². The van der Waals surface area contributed by atoms with E-state index in [1.165, 1.54) is 40.3 Å². The first-order chi connectivity index (χ1) is 36.0. The summed E-state index contributed by atoms with van der Waals surface area (Å²) in [6.07, 6.45) is -13.4. The van der Waals surface area contributed by atoms with Crippen molar-refractivity contribution in [1.29, 1.82) is 0 Å². The second-order valence-corrected chi connectivity index (χ2v) is 23.0. The number of nitrogens with one attached hydrogen (secondary N) is 2. The molecule has 0 fully saturated rings. The molecular weight excluding hydrogens is 1220 g/mol. The van der Waals surface area contributed by atoms with Crippen LogP contribution in [0.5, 0.6) is 0 Å². The summed E-state index contributed by atoms with van der Waals surface area (Å²) in [5.74, 6) is -3.97. The van der Waals surface area contributed by atoms with Crippen molar-refractivity contribution >= 4 is 99.7 Å². The van der Waals surface area contributed by atoms with E-state index in [2.05, 4.69) is 40.5 Å². The Labute approximate surface area is 560 Å². The molecule has 0 radical (unpaired) electrons. The standard InChI is InChI=1S/C40H60N12O22S4.4Na/c1-49(11-13-75(63,64)65)37-43-35(45-39(47-37)51(3)17-25(55)31(59)33(61)27(57)19-53)41-23-9-7-21(29(15-23)77(69,70)71)5-6-22-8-10-24(16-30(22)78(72,73)74)42-36-44-38(50(2)12-14-76(66,67)68)48-40(46-36)52(4)18-26(56)32(60)34(62)28(58)20-54;;;;/h5-10,15-16,25-28,31-34,53-62H,11-14,17-20H2,1-4H3,(H,63,64,65)(H,66,67,68)(H,69,70,71)(H,72,73,74)(H,41,43,45,47)(H,42,44,46,48);;;;/q;4*+1/p-4. The van der Waals surface area contributed by atoms with Gasteiger partial charge < -0.3 is 99.5 Å². The Morgan fingerprint density at radius 2 is 0.744 bits per heavy atom. The molecule has 82 heavy (non-hydrogen) atoms. The summed E-state index contributed by atoms with van der Waals surface area (Å²) in [6.45, 7) is -4.00. The van der Waals surface area contributed by atoms with Crippen molar-refractivity contribution in [2.45, 2.75) is 58.6 Å². The van der Waals surface area contributed by atoms with E-state index < -0.39 is 162 Å². The van der Waals surface area contributed by atoms with Crippen molar-refractivity contribution < 1.29 is 221 Å². The fraction of sp³-hybridized carbons (Fsp3) is 0.500. The van der Waals surface area contributed by atoms with Crippen LogP contribution in [0.1, 0.15) is 11.1 Å². The second-order valence-electron chi connectivity index (χ2n) is 17.2. The second kappa shape index (κ2) is 34.7. The minimum Gasteiger partial charge on any atom is -0.748 e. The molecule has 2 aromatic carbocycles. The van der Waals surface area contributed by atoms with Gasteiger partial charge >= 0.3 is 118 Å². The van der Waals surface area contributed by atoms with Crippen molar-refractivity contribution in [3.63, 3.8) is 0 Å². The average molecular weight is 1280 g/mol. The van der Waals surface area contributed by atoms with Crippen LogP contribution in [-0.4, -0.2) is 261 Å². The van der Waals surface area contributed by atoms with Crippen molar-refractivity contribution in [2.75, 3.05) is 109 Å². The van der Waals surface area contributed by atoms with Gasteiger partial charge in [0.05, 0.1) is 54.7 Å². The molecule has 8 atom stereocenters. The maximum Gasteiger partial charge on any atom is 1.00 e. The summed E-state index contributed by atoms with van der Waals surface area (Å²) >= 11 is 0. The molecule has 0 bridgehead atoms. The van der Waals surface area contributed by atoms with Gasteiger partial charge in [0.15, 0.2) is 0 Å². The first kappa shape index (κ1) is 80.2. The summed E-state index contributed by atoms with van der Waals surface area (Å²) in [5.41, 5.74) is -1.11. The molecule has 12 N–H and O–H groups in total. The quantitative estimate of drug-likeness (QED) is 0.0131. The number of likely N-dealkylation sites (N-methyl/N-ethyl adjacent to an activating group) is 2. The molecule has 0 spiro atoms. The third-order valence-corrected chi connectivity index (χ3v) is 14.2. The van der Waals surface area contributed by atoms with E-state index in [-0.39, 0.29) is 165 Å². The number of hydrogen-bond donors (Lipinski definition) is 12. The van der Waals surface area contributed by atoms with E-state index in [0.717, 1.165) is 56.0 Å². The molecule has 0 saturated carbocycles. The van der Waals surface area contributed by atoms with E-state index in [0.29, 0.717) is 0 Å². The Kier molecular flexibility index (Phi) is 34.0. The minimum absolute atomic E-state index is 0. The number of rotatable bonds is 30. The third kappa shape index (κ3) is 24.8. The molecule has 42 heteroatoms. The van der Waals surface area contributed by atoms with Crippen LogP contribution in [0.15, 0.2) is 46.2 Å². The maximum atomic E-state index is 12.7. The maximum absolute atomic E-state index is 12.7. The third-order valence-electron chi connectivity index (χ3n) is 11.0. The number of aliphatic hydroxyl groups excluding tert-OH is 10. The van der Waals surface area contributed by atoms with Crippen LogP contribution in [0.25, 0.3) is 12.2 Å². The van der Waals surface area contributed by atoms with E-state index in [4.69, 9.17) is 10.2 Å². The van der Waals surface area contributed by atoms with Gasteiger partial charge in [0.1, 0.15) is 69.1 Å². The molecule has 8 unspecified atom stereocenters. The molecule has 0 aliphatic rings. The summed E-state index contributed by atoms with van der Waals surface area (Å²) in [7, 11) is -15.2.